The van der Waals surface area contributed by atoms with Crippen LogP contribution in [0.4, 0.5) is 0 Å². The highest BCUT2D eigenvalue weighted by Crippen LogP contribution is 2.28. The number of fused-ring (bicyclic) bond motifs is 2. The first kappa shape index (κ1) is 25.2. The number of hydrogen-bond donors (Lipinski definition) is 1. The minimum atomic E-state index is -0.248. The number of carbonyl (C=O) groups excluding carboxylic acids is 1. The molecule has 0 aliphatic heterocycles. The summed E-state index contributed by atoms with van der Waals surface area (Å²) in [6, 6.07) is 13.4. The van der Waals surface area contributed by atoms with Gasteiger partial charge in [-0.25, -0.2) is 4.98 Å². The van der Waals surface area contributed by atoms with Crippen LogP contribution in [0.25, 0.3) is 21.8 Å². The van der Waals surface area contributed by atoms with Crippen molar-refractivity contribution in [3.8, 4) is 11.5 Å². The van der Waals surface area contributed by atoms with Crippen LogP contribution in [0.1, 0.15) is 21.5 Å². The van der Waals surface area contributed by atoms with Crippen LogP contribution in [0.2, 0.25) is 0 Å². The Hall–Kier alpha value is -3.91. The van der Waals surface area contributed by atoms with Gasteiger partial charge in [0.2, 0.25) is 0 Å². The van der Waals surface area contributed by atoms with Crippen LogP contribution in [-0.4, -0.2) is 61.8 Å². The Bertz CT molecular complexity index is 1480. The molecule has 4 rings (SSSR count). The minimum Gasteiger partial charge on any atom is -0.493 e. The van der Waals surface area contributed by atoms with Crippen molar-refractivity contribution in [1.82, 2.24) is 19.8 Å². The molecule has 0 saturated heterocycles. The van der Waals surface area contributed by atoms with Crippen molar-refractivity contribution in [1.29, 1.82) is 0 Å². The van der Waals surface area contributed by atoms with Gasteiger partial charge in [-0.2, -0.15) is 0 Å². The number of likely N-dealkylation sites (N-methyl/N-ethyl adjacent to an activating group) is 1. The first-order valence-electron chi connectivity index (χ1n) is 11.9. The molecular weight excluding hydrogens is 456 g/mol. The number of para-hydroxylation sites is 1. The van der Waals surface area contributed by atoms with Gasteiger partial charge in [-0.15, -0.1) is 0 Å². The van der Waals surface area contributed by atoms with Crippen LogP contribution in [0.15, 0.2) is 53.5 Å². The lowest BCUT2D eigenvalue weighted by molar-refractivity contribution is 0.0951. The Morgan fingerprint density at radius 3 is 2.56 bits per heavy atom. The van der Waals surface area contributed by atoms with Crippen molar-refractivity contribution < 1.29 is 14.3 Å². The van der Waals surface area contributed by atoms with E-state index >= 15 is 0 Å². The maximum absolute atomic E-state index is 13.5. The summed E-state index contributed by atoms with van der Waals surface area (Å²) in [4.78, 5) is 33.5. The monoisotopic (exact) mass is 488 g/mol. The molecule has 0 aliphatic rings. The molecule has 2 aromatic carbocycles. The second-order valence-electron chi connectivity index (χ2n) is 9.07. The van der Waals surface area contributed by atoms with E-state index in [1.807, 2.05) is 68.4 Å². The number of nitrogens with zero attached hydrogens (tertiary/aromatic N) is 3. The lowest BCUT2D eigenvalue weighted by Crippen LogP contribution is -2.33. The van der Waals surface area contributed by atoms with E-state index in [0.29, 0.717) is 54.0 Å². The molecule has 0 atom stereocenters. The number of ether oxygens (including phenoxy) is 2. The molecule has 0 saturated carbocycles. The molecule has 2 heterocycles. The number of nitrogens with one attached hydrogen (secondary N) is 1. The van der Waals surface area contributed by atoms with Crippen LogP contribution in [0, 0.1) is 6.92 Å². The molecule has 8 nitrogen and oxygen atoms in total. The average Bonchev–Trinajstić information content (AvgIpc) is 2.87. The second-order valence-corrected chi connectivity index (χ2v) is 9.07. The summed E-state index contributed by atoms with van der Waals surface area (Å²) in [6.45, 7) is 3.57. The standard InChI is InChI=1S/C28H32N4O4/c1-18-7-6-8-20-16-21-26(30-25(18)20)22(27(33)29-12-14-31(2)3)17-32(28(21)34)13-11-19-9-10-23(35-4)24(15-19)36-5/h6-10,15-17H,11-14H2,1-5H3,(H,29,33). The van der Waals surface area contributed by atoms with Gasteiger partial charge < -0.3 is 24.3 Å². The molecule has 1 amide bonds. The molecule has 36 heavy (non-hydrogen) atoms. The number of aromatic nitrogens is 2. The van der Waals surface area contributed by atoms with E-state index in [4.69, 9.17) is 14.5 Å². The molecule has 1 N–H and O–H groups in total. The second kappa shape index (κ2) is 10.8. The summed E-state index contributed by atoms with van der Waals surface area (Å²) in [5.41, 5.74) is 3.41. The Morgan fingerprint density at radius 2 is 1.83 bits per heavy atom. The Morgan fingerprint density at radius 1 is 1.06 bits per heavy atom. The SMILES string of the molecule is COc1ccc(CCn2cc(C(=O)NCCN(C)C)c3nc4c(C)cccc4cc3c2=O)cc1OC. The van der Waals surface area contributed by atoms with Gasteiger partial charge in [-0.05, 0) is 56.8 Å². The van der Waals surface area contributed by atoms with E-state index in [0.717, 1.165) is 22.0 Å². The van der Waals surface area contributed by atoms with Crippen molar-refractivity contribution in [3.63, 3.8) is 0 Å². The highest BCUT2D eigenvalue weighted by molar-refractivity contribution is 6.07. The number of pyridine rings is 2. The molecule has 2 aromatic heterocycles. The van der Waals surface area contributed by atoms with E-state index in [1.54, 1.807) is 25.0 Å². The van der Waals surface area contributed by atoms with Crippen LogP contribution >= 0.6 is 0 Å². The molecule has 4 aromatic rings. The Kier molecular flexibility index (Phi) is 7.55. The van der Waals surface area contributed by atoms with Gasteiger partial charge in [0, 0.05) is 31.2 Å². The summed E-state index contributed by atoms with van der Waals surface area (Å²) in [7, 11) is 7.09. The molecule has 0 spiro atoms. The lowest BCUT2D eigenvalue weighted by Gasteiger charge is -2.15. The van der Waals surface area contributed by atoms with Crippen molar-refractivity contribution >= 4 is 27.7 Å². The highest BCUT2D eigenvalue weighted by Gasteiger charge is 2.18. The van der Waals surface area contributed by atoms with Crippen LogP contribution in [-0.2, 0) is 13.0 Å². The number of methoxy groups -OCH3 is 2. The maximum atomic E-state index is 13.5. The van der Waals surface area contributed by atoms with Crippen LogP contribution < -0.4 is 20.3 Å². The molecule has 8 heteroatoms. The van der Waals surface area contributed by atoms with Crippen molar-refractivity contribution in [2.75, 3.05) is 41.4 Å². The van der Waals surface area contributed by atoms with Gasteiger partial charge in [-0.3, -0.25) is 9.59 Å². The first-order valence-corrected chi connectivity index (χ1v) is 11.9. The molecular formula is C28H32N4O4. The highest BCUT2D eigenvalue weighted by atomic mass is 16.5. The molecule has 0 radical (unpaired) electrons. The van der Waals surface area contributed by atoms with E-state index < -0.39 is 0 Å². The zero-order valence-electron chi connectivity index (χ0n) is 21.4. The first-order chi connectivity index (χ1) is 17.3. The number of carbonyl (C=O) groups is 1. The van der Waals surface area contributed by atoms with Gasteiger partial charge in [0.05, 0.1) is 36.2 Å². The number of hydrogen-bond acceptors (Lipinski definition) is 6. The Balaban J connectivity index is 1.77. The lowest BCUT2D eigenvalue weighted by atomic mass is 10.1. The average molecular weight is 489 g/mol. The molecule has 0 bridgehead atoms. The number of rotatable bonds is 9. The quantitative estimate of drug-likeness (QED) is 0.364. The van der Waals surface area contributed by atoms with Gasteiger partial charge in [0.1, 0.15) is 0 Å². The van der Waals surface area contributed by atoms with Crippen LogP contribution in [0.3, 0.4) is 0 Å². The summed E-state index contributed by atoms with van der Waals surface area (Å²) in [6.07, 6.45) is 2.21. The summed E-state index contributed by atoms with van der Waals surface area (Å²) in [5.74, 6) is 1.03. The fourth-order valence-electron chi connectivity index (χ4n) is 4.25. The predicted molar refractivity (Wildman–Crippen MR) is 142 cm³/mol. The zero-order valence-corrected chi connectivity index (χ0v) is 21.4. The van der Waals surface area contributed by atoms with E-state index in [2.05, 4.69) is 5.32 Å². The summed E-state index contributed by atoms with van der Waals surface area (Å²) in [5, 5.41) is 4.27. The molecule has 0 fully saturated rings. The number of amides is 1. The molecule has 188 valence electrons. The molecule has 0 unspecified atom stereocenters. The smallest absolute Gasteiger partial charge is 0.260 e. The summed E-state index contributed by atoms with van der Waals surface area (Å²) < 4.78 is 12.3. The van der Waals surface area contributed by atoms with E-state index in [1.165, 1.54) is 0 Å². The van der Waals surface area contributed by atoms with Gasteiger partial charge in [0.15, 0.2) is 11.5 Å². The third-order valence-electron chi connectivity index (χ3n) is 6.26. The van der Waals surface area contributed by atoms with Gasteiger partial charge in [0.25, 0.3) is 11.5 Å². The van der Waals surface area contributed by atoms with Crippen LogP contribution in [0.5, 0.6) is 11.5 Å². The predicted octanol–water partition coefficient (Wildman–Crippen LogP) is 3.41. The Labute approximate surface area is 210 Å². The third kappa shape index (κ3) is 5.18. The fraction of sp³-hybridized carbons (Fsp3) is 0.321. The topological polar surface area (TPSA) is 85.7 Å². The van der Waals surface area contributed by atoms with E-state index in [9.17, 15) is 9.59 Å². The van der Waals surface area contributed by atoms with Crippen molar-refractivity contribution in [3.05, 3.63) is 75.7 Å². The van der Waals surface area contributed by atoms with Gasteiger partial charge >= 0.3 is 0 Å². The minimum absolute atomic E-state index is 0.175. The number of aryl methyl sites for hydroxylation is 3. The number of benzene rings is 2. The zero-order chi connectivity index (χ0) is 25.8. The third-order valence-corrected chi connectivity index (χ3v) is 6.26. The maximum Gasteiger partial charge on any atom is 0.260 e. The molecule has 0 aliphatic carbocycles. The van der Waals surface area contributed by atoms with Crippen molar-refractivity contribution in [2.24, 2.45) is 0 Å². The van der Waals surface area contributed by atoms with E-state index in [-0.39, 0.29) is 11.5 Å². The normalized spacial score (nSPS) is 11.3. The van der Waals surface area contributed by atoms with Crippen molar-refractivity contribution in [2.45, 2.75) is 19.9 Å². The fourth-order valence-corrected chi connectivity index (χ4v) is 4.25. The largest absolute Gasteiger partial charge is 0.493 e. The summed E-state index contributed by atoms with van der Waals surface area (Å²) >= 11 is 0. The van der Waals surface area contributed by atoms with Gasteiger partial charge in [-0.1, -0.05) is 24.3 Å².